The average Bonchev–Trinajstić information content (AvgIpc) is 2.93. The summed E-state index contributed by atoms with van der Waals surface area (Å²) in [6.07, 6.45) is 7.20. The van der Waals surface area contributed by atoms with E-state index in [1.54, 1.807) is 18.7 Å². The first-order valence-electron chi connectivity index (χ1n) is 6.88. The van der Waals surface area contributed by atoms with Crippen LogP contribution in [0.1, 0.15) is 25.0 Å². The van der Waals surface area contributed by atoms with E-state index >= 15 is 0 Å². The standard InChI is InChI=1S/C15H19N5OS/c1-11(2)21-14-4-3-12(8-18-19-15(16)22)7-13(14)9-20-6-5-17-10-20/h3-8,10-11H,9H2,1-2H3,(H3,16,19,22). The summed E-state index contributed by atoms with van der Waals surface area (Å²) in [7, 11) is 0. The molecule has 0 aliphatic carbocycles. The predicted octanol–water partition coefficient (Wildman–Crippen LogP) is 1.89. The molecule has 0 atom stereocenters. The van der Waals surface area contributed by atoms with Crippen LogP contribution in [0.15, 0.2) is 42.0 Å². The maximum Gasteiger partial charge on any atom is 0.184 e. The minimum absolute atomic E-state index is 0.109. The van der Waals surface area contributed by atoms with E-state index in [4.69, 9.17) is 22.7 Å². The fourth-order valence-electron chi connectivity index (χ4n) is 1.92. The van der Waals surface area contributed by atoms with Gasteiger partial charge in [-0.3, -0.25) is 5.43 Å². The summed E-state index contributed by atoms with van der Waals surface area (Å²) in [4.78, 5) is 4.06. The summed E-state index contributed by atoms with van der Waals surface area (Å²) in [6.45, 7) is 4.68. The van der Waals surface area contributed by atoms with Crippen molar-refractivity contribution < 1.29 is 4.74 Å². The molecule has 1 heterocycles. The Hall–Kier alpha value is -2.41. The molecule has 0 aliphatic heterocycles. The highest BCUT2D eigenvalue weighted by atomic mass is 32.1. The van der Waals surface area contributed by atoms with Crippen LogP contribution in [0.25, 0.3) is 0 Å². The second-order valence-corrected chi connectivity index (χ2v) is 5.44. The van der Waals surface area contributed by atoms with Gasteiger partial charge in [0.2, 0.25) is 0 Å². The summed E-state index contributed by atoms with van der Waals surface area (Å²) in [6, 6.07) is 5.89. The van der Waals surface area contributed by atoms with Crippen LogP contribution >= 0.6 is 12.2 Å². The Morgan fingerprint density at radius 2 is 2.36 bits per heavy atom. The van der Waals surface area contributed by atoms with E-state index < -0.39 is 0 Å². The van der Waals surface area contributed by atoms with Gasteiger partial charge in [-0.15, -0.1) is 0 Å². The number of rotatable bonds is 6. The first-order valence-corrected chi connectivity index (χ1v) is 7.29. The molecule has 1 aromatic heterocycles. The molecule has 6 nitrogen and oxygen atoms in total. The molecule has 2 aromatic rings. The third-order valence-corrected chi connectivity index (χ3v) is 2.84. The highest BCUT2D eigenvalue weighted by Crippen LogP contribution is 2.22. The third-order valence-electron chi connectivity index (χ3n) is 2.75. The Labute approximate surface area is 135 Å². The minimum atomic E-state index is 0.109. The van der Waals surface area contributed by atoms with Crippen molar-refractivity contribution in [2.24, 2.45) is 10.8 Å². The Morgan fingerprint density at radius 1 is 1.55 bits per heavy atom. The van der Waals surface area contributed by atoms with E-state index in [2.05, 4.69) is 15.5 Å². The lowest BCUT2D eigenvalue weighted by molar-refractivity contribution is 0.239. The summed E-state index contributed by atoms with van der Waals surface area (Å²) >= 11 is 4.70. The summed E-state index contributed by atoms with van der Waals surface area (Å²) < 4.78 is 7.84. The Bertz CT molecular complexity index is 652. The van der Waals surface area contributed by atoms with Gasteiger partial charge in [-0.05, 0) is 49.8 Å². The van der Waals surface area contributed by atoms with Crippen LogP contribution in [-0.4, -0.2) is 27.0 Å². The van der Waals surface area contributed by atoms with Crippen molar-refractivity contribution in [1.82, 2.24) is 15.0 Å². The van der Waals surface area contributed by atoms with E-state index in [-0.39, 0.29) is 11.2 Å². The molecule has 2 rings (SSSR count). The molecule has 0 aliphatic rings. The highest BCUT2D eigenvalue weighted by molar-refractivity contribution is 7.80. The van der Waals surface area contributed by atoms with Crippen molar-refractivity contribution >= 4 is 23.5 Å². The smallest absolute Gasteiger partial charge is 0.184 e. The third kappa shape index (κ3) is 4.85. The topological polar surface area (TPSA) is 77.5 Å². The van der Waals surface area contributed by atoms with Gasteiger partial charge in [0.25, 0.3) is 0 Å². The lowest BCUT2D eigenvalue weighted by Gasteiger charge is -2.15. The van der Waals surface area contributed by atoms with Crippen molar-refractivity contribution in [1.29, 1.82) is 0 Å². The average molecular weight is 317 g/mol. The molecule has 0 saturated heterocycles. The number of imidazole rings is 1. The monoisotopic (exact) mass is 317 g/mol. The predicted molar refractivity (Wildman–Crippen MR) is 91.1 cm³/mol. The molecule has 1 aromatic carbocycles. The van der Waals surface area contributed by atoms with Gasteiger partial charge >= 0.3 is 0 Å². The molecular formula is C15H19N5OS. The number of benzene rings is 1. The van der Waals surface area contributed by atoms with Gasteiger partial charge < -0.3 is 15.0 Å². The molecular weight excluding hydrogens is 298 g/mol. The highest BCUT2D eigenvalue weighted by Gasteiger charge is 2.07. The number of thiocarbonyl (C=S) groups is 1. The molecule has 0 amide bonds. The van der Waals surface area contributed by atoms with Crippen molar-refractivity contribution in [2.45, 2.75) is 26.5 Å². The van der Waals surface area contributed by atoms with Gasteiger partial charge in [-0.1, -0.05) is 0 Å². The quantitative estimate of drug-likeness (QED) is 0.483. The second kappa shape index (κ2) is 7.56. The summed E-state index contributed by atoms with van der Waals surface area (Å²) in [5, 5.41) is 4.10. The van der Waals surface area contributed by atoms with E-state index in [1.165, 1.54) is 0 Å². The fourth-order valence-corrected chi connectivity index (χ4v) is 1.97. The lowest BCUT2D eigenvalue weighted by Crippen LogP contribution is -2.24. The SMILES string of the molecule is CC(C)Oc1ccc(C=NNC(N)=S)cc1Cn1ccnc1. The van der Waals surface area contributed by atoms with Crippen molar-refractivity contribution in [3.05, 3.63) is 48.0 Å². The van der Waals surface area contributed by atoms with Crippen LogP contribution in [-0.2, 0) is 6.54 Å². The number of hydrazone groups is 1. The normalized spacial score (nSPS) is 11.0. The summed E-state index contributed by atoms with van der Waals surface area (Å²) in [5.41, 5.74) is 9.84. The number of nitrogens with two attached hydrogens (primary N) is 1. The molecule has 0 saturated carbocycles. The molecule has 0 bridgehead atoms. The minimum Gasteiger partial charge on any atom is -0.491 e. The van der Waals surface area contributed by atoms with Crippen molar-refractivity contribution in [3.8, 4) is 5.75 Å². The zero-order valence-corrected chi connectivity index (χ0v) is 13.4. The number of hydrogen-bond acceptors (Lipinski definition) is 4. The van der Waals surface area contributed by atoms with Crippen LogP contribution in [0, 0.1) is 0 Å². The van der Waals surface area contributed by atoms with E-state index in [9.17, 15) is 0 Å². The number of nitrogens with zero attached hydrogens (tertiary/aromatic N) is 3. The Morgan fingerprint density at radius 3 is 3.00 bits per heavy atom. The van der Waals surface area contributed by atoms with Crippen LogP contribution in [0.4, 0.5) is 0 Å². The van der Waals surface area contributed by atoms with E-state index in [0.29, 0.717) is 6.54 Å². The van der Waals surface area contributed by atoms with Crippen LogP contribution in [0.3, 0.4) is 0 Å². The lowest BCUT2D eigenvalue weighted by atomic mass is 10.1. The van der Waals surface area contributed by atoms with Gasteiger partial charge in [0.05, 0.1) is 25.2 Å². The molecule has 0 fully saturated rings. The molecule has 22 heavy (non-hydrogen) atoms. The first-order chi connectivity index (χ1) is 10.5. The van der Waals surface area contributed by atoms with Crippen LogP contribution < -0.4 is 15.9 Å². The van der Waals surface area contributed by atoms with Gasteiger partial charge in [-0.2, -0.15) is 5.10 Å². The number of aromatic nitrogens is 2. The van der Waals surface area contributed by atoms with Gasteiger partial charge in [0, 0.05) is 18.0 Å². The van der Waals surface area contributed by atoms with E-state index in [0.717, 1.165) is 16.9 Å². The van der Waals surface area contributed by atoms with E-state index in [1.807, 2.05) is 42.8 Å². The summed E-state index contributed by atoms with van der Waals surface area (Å²) in [5.74, 6) is 0.850. The van der Waals surface area contributed by atoms with Crippen molar-refractivity contribution in [2.75, 3.05) is 0 Å². The van der Waals surface area contributed by atoms with Crippen LogP contribution in [0.2, 0.25) is 0 Å². The fraction of sp³-hybridized carbons (Fsp3) is 0.267. The van der Waals surface area contributed by atoms with Gasteiger partial charge in [-0.25, -0.2) is 4.98 Å². The number of nitrogens with one attached hydrogen (secondary N) is 1. The molecule has 7 heteroatoms. The maximum absolute atomic E-state index is 5.86. The zero-order chi connectivity index (χ0) is 15.9. The molecule has 0 radical (unpaired) electrons. The largest absolute Gasteiger partial charge is 0.491 e. The van der Waals surface area contributed by atoms with Gasteiger partial charge in [0.15, 0.2) is 5.11 Å². The number of hydrogen-bond donors (Lipinski definition) is 2. The molecule has 0 unspecified atom stereocenters. The number of ether oxygens (including phenoxy) is 1. The first kappa shape index (κ1) is 16.0. The Kier molecular flexibility index (Phi) is 5.48. The maximum atomic E-state index is 5.86. The molecule has 3 N–H and O–H groups in total. The molecule has 116 valence electrons. The second-order valence-electron chi connectivity index (χ2n) is 5.00. The Balaban J connectivity index is 2.23. The zero-order valence-electron chi connectivity index (χ0n) is 12.6. The van der Waals surface area contributed by atoms with Crippen molar-refractivity contribution in [3.63, 3.8) is 0 Å². The molecule has 0 spiro atoms. The van der Waals surface area contributed by atoms with Gasteiger partial charge in [0.1, 0.15) is 5.75 Å². The van der Waals surface area contributed by atoms with Crippen LogP contribution in [0.5, 0.6) is 5.75 Å².